The number of carbonyl (C=O) groups is 1. The fourth-order valence-corrected chi connectivity index (χ4v) is 1.65. The van der Waals surface area contributed by atoms with Crippen molar-refractivity contribution in [1.29, 1.82) is 0 Å². The molecule has 0 radical (unpaired) electrons. The Morgan fingerprint density at radius 1 is 1.39 bits per heavy atom. The van der Waals surface area contributed by atoms with E-state index in [4.69, 9.17) is 9.47 Å². The molecule has 4 heteroatoms. The molecule has 0 aliphatic heterocycles. The topological polar surface area (TPSA) is 55.8 Å². The van der Waals surface area contributed by atoms with Crippen molar-refractivity contribution in [3.8, 4) is 11.5 Å². The molecule has 0 saturated heterocycles. The standard InChI is InChI=1S/C14H20O4/c1-4-8-18-14(10(3)15)11-6-7-12(16)13(9-11)17-5-2/h6-7,9,14,16H,4-5,8H2,1-3H3. The van der Waals surface area contributed by atoms with Crippen LogP contribution < -0.4 is 4.74 Å². The van der Waals surface area contributed by atoms with Gasteiger partial charge in [-0.2, -0.15) is 0 Å². The number of ketones is 1. The number of aromatic hydroxyl groups is 1. The summed E-state index contributed by atoms with van der Waals surface area (Å²) in [4.78, 5) is 11.6. The van der Waals surface area contributed by atoms with Gasteiger partial charge in [-0.25, -0.2) is 0 Å². The van der Waals surface area contributed by atoms with E-state index in [1.165, 1.54) is 13.0 Å². The lowest BCUT2D eigenvalue weighted by molar-refractivity contribution is -0.128. The van der Waals surface area contributed by atoms with Gasteiger partial charge < -0.3 is 14.6 Å². The normalized spacial score (nSPS) is 12.2. The van der Waals surface area contributed by atoms with E-state index < -0.39 is 6.10 Å². The Morgan fingerprint density at radius 3 is 2.67 bits per heavy atom. The minimum Gasteiger partial charge on any atom is -0.504 e. The van der Waals surface area contributed by atoms with Crippen LogP contribution in [-0.4, -0.2) is 24.1 Å². The van der Waals surface area contributed by atoms with Crippen molar-refractivity contribution in [1.82, 2.24) is 0 Å². The zero-order valence-corrected chi connectivity index (χ0v) is 11.1. The van der Waals surface area contributed by atoms with Crippen molar-refractivity contribution in [2.75, 3.05) is 13.2 Å². The van der Waals surface area contributed by atoms with E-state index in [1.807, 2.05) is 13.8 Å². The summed E-state index contributed by atoms with van der Waals surface area (Å²) in [7, 11) is 0. The van der Waals surface area contributed by atoms with E-state index >= 15 is 0 Å². The molecule has 1 atom stereocenters. The zero-order chi connectivity index (χ0) is 13.5. The fourth-order valence-electron chi connectivity index (χ4n) is 1.65. The number of phenolic OH excluding ortho intramolecular Hbond substituents is 1. The number of hydrogen-bond donors (Lipinski definition) is 1. The lowest BCUT2D eigenvalue weighted by Crippen LogP contribution is -2.13. The van der Waals surface area contributed by atoms with Crippen molar-refractivity contribution in [3.05, 3.63) is 23.8 Å². The molecule has 1 unspecified atom stereocenters. The van der Waals surface area contributed by atoms with E-state index in [9.17, 15) is 9.90 Å². The smallest absolute Gasteiger partial charge is 0.163 e. The third-order valence-corrected chi connectivity index (χ3v) is 2.44. The number of ether oxygens (including phenoxy) is 2. The highest BCUT2D eigenvalue weighted by molar-refractivity contribution is 5.82. The van der Waals surface area contributed by atoms with E-state index in [2.05, 4.69) is 0 Å². The molecule has 0 fully saturated rings. The summed E-state index contributed by atoms with van der Waals surface area (Å²) in [6, 6.07) is 4.85. The monoisotopic (exact) mass is 252 g/mol. The zero-order valence-electron chi connectivity index (χ0n) is 11.1. The highest BCUT2D eigenvalue weighted by atomic mass is 16.5. The average molecular weight is 252 g/mol. The molecule has 0 aliphatic rings. The molecule has 4 nitrogen and oxygen atoms in total. The molecule has 1 aromatic rings. The summed E-state index contributed by atoms with van der Waals surface area (Å²) >= 11 is 0. The number of rotatable bonds is 7. The SMILES string of the molecule is CCCOC(C(C)=O)c1ccc(O)c(OCC)c1. The lowest BCUT2D eigenvalue weighted by Gasteiger charge is -2.16. The summed E-state index contributed by atoms with van der Waals surface area (Å²) in [5.74, 6) is 0.385. The van der Waals surface area contributed by atoms with Gasteiger partial charge in [-0.1, -0.05) is 13.0 Å². The van der Waals surface area contributed by atoms with Crippen molar-refractivity contribution < 1.29 is 19.4 Å². The molecule has 0 amide bonds. The van der Waals surface area contributed by atoms with E-state index in [0.29, 0.717) is 24.5 Å². The third kappa shape index (κ3) is 3.74. The van der Waals surface area contributed by atoms with Crippen molar-refractivity contribution >= 4 is 5.78 Å². The largest absolute Gasteiger partial charge is 0.504 e. The quantitative estimate of drug-likeness (QED) is 0.810. The molecule has 0 aliphatic carbocycles. The van der Waals surface area contributed by atoms with Crippen molar-refractivity contribution in [2.45, 2.75) is 33.3 Å². The third-order valence-electron chi connectivity index (χ3n) is 2.44. The van der Waals surface area contributed by atoms with Crippen LogP contribution in [0, 0.1) is 0 Å². The number of phenols is 1. The second-order valence-electron chi connectivity index (χ2n) is 4.02. The molecule has 0 bridgehead atoms. The van der Waals surface area contributed by atoms with Crippen molar-refractivity contribution in [3.63, 3.8) is 0 Å². The summed E-state index contributed by atoms with van der Waals surface area (Å²) in [6.07, 6.45) is 0.255. The highest BCUT2D eigenvalue weighted by Gasteiger charge is 2.18. The van der Waals surface area contributed by atoms with Gasteiger partial charge in [0, 0.05) is 6.61 Å². The van der Waals surface area contributed by atoms with Gasteiger partial charge in [0.05, 0.1) is 6.61 Å². The second-order valence-corrected chi connectivity index (χ2v) is 4.02. The Hall–Kier alpha value is -1.55. The first-order chi connectivity index (χ1) is 8.60. The first-order valence-corrected chi connectivity index (χ1v) is 6.17. The summed E-state index contributed by atoms with van der Waals surface area (Å²) in [5, 5.41) is 9.61. The van der Waals surface area contributed by atoms with Crippen LogP contribution >= 0.6 is 0 Å². The lowest BCUT2D eigenvalue weighted by atomic mass is 10.1. The summed E-state index contributed by atoms with van der Waals surface area (Å²) in [5.41, 5.74) is 0.706. The summed E-state index contributed by atoms with van der Waals surface area (Å²) < 4.78 is 10.8. The number of benzene rings is 1. The van der Waals surface area contributed by atoms with Crippen LogP contribution in [0.3, 0.4) is 0 Å². The maximum Gasteiger partial charge on any atom is 0.163 e. The maximum absolute atomic E-state index is 11.6. The Bertz CT molecular complexity index is 401. The van der Waals surface area contributed by atoms with Gasteiger partial charge in [0.15, 0.2) is 17.3 Å². The van der Waals surface area contributed by atoms with Gasteiger partial charge in [-0.05, 0) is 38.0 Å². The Balaban J connectivity index is 2.97. The summed E-state index contributed by atoms with van der Waals surface area (Å²) in [6.45, 7) is 6.29. The second kappa shape index (κ2) is 7.01. The van der Waals surface area contributed by atoms with Crippen LogP contribution in [0.5, 0.6) is 11.5 Å². The molecule has 0 spiro atoms. The van der Waals surface area contributed by atoms with Gasteiger partial charge in [-0.3, -0.25) is 4.79 Å². The Morgan fingerprint density at radius 2 is 2.11 bits per heavy atom. The molecule has 1 N–H and O–H groups in total. The number of carbonyl (C=O) groups excluding carboxylic acids is 1. The van der Waals surface area contributed by atoms with Crippen LogP contribution in [0.2, 0.25) is 0 Å². The van der Waals surface area contributed by atoms with Crippen LogP contribution in [0.25, 0.3) is 0 Å². The minimum absolute atomic E-state index is 0.0587. The van der Waals surface area contributed by atoms with E-state index in [1.54, 1.807) is 12.1 Å². The van der Waals surface area contributed by atoms with Gasteiger partial charge in [0.2, 0.25) is 0 Å². The van der Waals surface area contributed by atoms with Crippen molar-refractivity contribution in [2.24, 2.45) is 0 Å². The van der Waals surface area contributed by atoms with Gasteiger partial charge >= 0.3 is 0 Å². The fraction of sp³-hybridized carbons (Fsp3) is 0.500. The molecule has 0 saturated carbocycles. The molecule has 1 rings (SSSR count). The van der Waals surface area contributed by atoms with E-state index in [0.717, 1.165) is 6.42 Å². The molecule has 0 heterocycles. The molecule has 1 aromatic carbocycles. The molecular weight excluding hydrogens is 232 g/mol. The maximum atomic E-state index is 11.6. The molecular formula is C14H20O4. The first kappa shape index (κ1) is 14.5. The first-order valence-electron chi connectivity index (χ1n) is 6.17. The predicted molar refractivity (Wildman–Crippen MR) is 68.9 cm³/mol. The minimum atomic E-state index is -0.593. The molecule has 0 aromatic heterocycles. The average Bonchev–Trinajstić information content (AvgIpc) is 2.33. The number of Topliss-reactive ketones (excluding diaryl/α,β-unsaturated/α-hetero) is 1. The number of hydrogen-bond acceptors (Lipinski definition) is 4. The predicted octanol–water partition coefficient (Wildman–Crippen LogP) is 2.85. The van der Waals surface area contributed by atoms with Crippen LogP contribution in [0.4, 0.5) is 0 Å². The van der Waals surface area contributed by atoms with Gasteiger partial charge in [0.1, 0.15) is 6.10 Å². The van der Waals surface area contributed by atoms with Crippen LogP contribution in [0.1, 0.15) is 38.9 Å². The van der Waals surface area contributed by atoms with Gasteiger partial charge in [0.25, 0.3) is 0 Å². The van der Waals surface area contributed by atoms with E-state index in [-0.39, 0.29) is 11.5 Å². The van der Waals surface area contributed by atoms with Crippen LogP contribution in [-0.2, 0) is 9.53 Å². The molecule has 18 heavy (non-hydrogen) atoms. The molecule has 100 valence electrons. The van der Waals surface area contributed by atoms with Crippen LogP contribution in [0.15, 0.2) is 18.2 Å². The Kier molecular flexibility index (Phi) is 5.65. The Labute approximate surface area is 108 Å². The highest BCUT2D eigenvalue weighted by Crippen LogP contribution is 2.30. The van der Waals surface area contributed by atoms with Gasteiger partial charge in [-0.15, -0.1) is 0 Å².